The number of halogens is 1. The Hall–Kier alpha value is -2.20. The van der Waals surface area contributed by atoms with E-state index in [-0.39, 0.29) is 42.3 Å². The van der Waals surface area contributed by atoms with Gasteiger partial charge < -0.3 is 19.6 Å². The van der Waals surface area contributed by atoms with Crippen LogP contribution in [0.15, 0.2) is 18.2 Å². The van der Waals surface area contributed by atoms with E-state index in [0.29, 0.717) is 12.1 Å². The molecule has 2 fully saturated rings. The molecule has 0 unspecified atom stereocenters. The molecule has 0 aromatic heterocycles. The van der Waals surface area contributed by atoms with E-state index >= 15 is 0 Å². The minimum atomic E-state index is -3.19. The smallest absolute Gasteiger partial charge is 0.300 e. The average molecular weight is 430 g/mol. The zero-order valence-electron chi connectivity index (χ0n) is 17.0. The summed E-state index contributed by atoms with van der Waals surface area (Å²) in [5.74, 6) is -1.29. The number of carboxylic acid groups (broad SMARTS) is 1. The summed E-state index contributed by atoms with van der Waals surface area (Å²) in [6.07, 6.45) is 0.0486. The van der Waals surface area contributed by atoms with Crippen molar-refractivity contribution in [2.24, 2.45) is 5.92 Å². The highest BCUT2D eigenvalue weighted by atomic mass is 32.2. The van der Waals surface area contributed by atoms with E-state index in [1.54, 1.807) is 11.0 Å². The van der Waals surface area contributed by atoms with Gasteiger partial charge in [0.25, 0.3) is 5.97 Å². The normalized spacial score (nSPS) is 24.6. The fraction of sp³-hybridized carbons (Fsp3) is 0.579. The molecule has 0 saturated carbocycles. The number of carbonyl (C=O) groups excluding carboxylic acids is 1. The standard InChI is InChI=1S/C17H23FN2O4S.C2H4O2/c1-19(2)14-10-25(22,23)16-9-20(8-12(14)16)17(21)7-11-4-5-15(24-3)13(18)6-11;1-2(3)4/h4-6,12,14,16H,7-10H2,1-3H3;1H3,(H,3,4)/t12-,14+,16-;/m0./s1. The lowest BCUT2D eigenvalue weighted by Gasteiger charge is -2.25. The largest absolute Gasteiger partial charge is 0.494 e. The van der Waals surface area contributed by atoms with Crippen molar-refractivity contribution in [3.63, 3.8) is 0 Å². The quantitative estimate of drug-likeness (QED) is 0.748. The van der Waals surface area contributed by atoms with Gasteiger partial charge in [0.1, 0.15) is 0 Å². The summed E-state index contributed by atoms with van der Waals surface area (Å²) in [7, 11) is 1.93. The van der Waals surface area contributed by atoms with Gasteiger partial charge in [0, 0.05) is 32.0 Å². The monoisotopic (exact) mass is 430 g/mol. The van der Waals surface area contributed by atoms with Crippen molar-refractivity contribution < 1.29 is 32.2 Å². The van der Waals surface area contributed by atoms with Gasteiger partial charge in [-0.05, 0) is 31.8 Å². The van der Waals surface area contributed by atoms with Crippen LogP contribution in [0.1, 0.15) is 12.5 Å². The fourth-order valence-corrected chi connectivity index (χ4v) is 6.35. The number of benzene rings is 1. The molecule has 2 saturated heterocycles. The Morgan fingerprint density at radius 1 is 1.31 bits per heavy atom. The minimum Gasteiger partial charge on any atom is -0.494 e. The van der Waals surface area contributed by atoms with Crippen molar-refractivity contribution in [2.45, 2.75) is 24.6 Å². The minimum absolute atomic E-state index is 0.0486. The highest BCUT2D eigenvalue weighted by Crippen LogP contribution is 2.36. The summed E-state index contributed by atoms with van der Waals surface area (Å²) in [6.45, 7) is 1.75. The second kappa shape index (κ2) is 9.08. The van der Waals surface area contributed by atoms with Gasteiger partial charge >= 0.3 is 0 Å². The van der Waals surface area contributed by atoms with Crippen molar-refractivity contribution in [2.75, 3.05) is 40.0 Å². The number of hydrogen-bond donors (Lipinski definition) is 1. The number of carboxylic acids is 1. The summed E-state index contributed by atoms with van der Waals surface area (Å²) in [4.78, 5) is 25.1. The third-order valence-electron chi connectivity index (χ3n) is 5.26. The highest BCUT2D eigenvalue weighted by Gasteiger charge is 2.53. The predicted molar refractivity (Wildman–Crippen MR) is 105 cm³/mol. The third kappa shape index (κ3) is 5.45. The summed E-state index contributed by atoms with van der Waals surface area (Å²) < 4.78 is 43.4. The molecule has 0 radical (unpaired) electrons. The van der Waals surface area contributed by atoms with Crippen LogP contribution in [0.2, 0.25) is 0 Å². The van der Waals surface area contributed by atoms with E-state index in [1.807, 2.05) is 19.0 Å². The predicted octanol–water partition coefficient (Wildman–Crippen LogP) is 0.653. The van der Waals surface area contributed by atoms with E-state index < -0.39 is 26.9 Å². The van der Waals surface area contributed by atoms with Crippen LogP contribution in [0.5, 0.6) is 5.75 Å². The van der Waals surface area contributed by atoms with Crippen molar-refractivity contribution in [1.29, 1.82) is 0 Å². The first kappa shape index (κ1) is 23.1. The number of likely N-dealkylation sites (tertiary alicyclic amines) is 1. The van der Waals surface area contributed by atoms with E-state index in [4.69, 9.17) is 14.6 Å². The Morgan fingerprint density at radius 3 is 2.45 bits per heavy atom. The lowest BCUT2D eigenvalue weighted by atomic mass is 10.00. The number of nitrogens with zero attached hydrogens (tertiary/aromatic N) is 2. The Kier molecular flexibility index (Phi) is 7.23. The van der Waals surface area contributed by atoms with E-state index in [0.717, 1.165) is 6.92 Å². The van der Waals surface area contributed by atoms with Crippen molar-refractivity contribution in [3.05, 3.63) is 29.6 Å². The molecule has 0 bridgehead atoms. The Bertz CT molecular complexity index is 869. The number of aliphatic carboxylic acids is 1. The van der Waals surface area contributed by atoms with Gasteiger partial charge in [0.2, 0.25) is 5.91 Å². The maximum absolute atomic E-state index is 13.8. The van der Waals surface area contributed by atoms with Crippen LogP contribution in [-0.2, 0) is 25.8 Å². The number of amides is 1. The first-order valence-corrected chi connectivity index (χ1v) is 10.9. The van der Waals surface area contributed by atoms with Gasteiger partial charge in [-0.3, -0.25) is 9.59 Å². The topological polar surface area (TPSA) is 104 Å². The third-order valence-corrected chi connectivity index (χ3v) is 7.48. The second-order valence-electron chi connectivity index (χ2n) is 7.53. The maximum atomic E-state index is 13.8. The molecule has 1 aromatic carbocycles. The van der Waals surface area contributed by atoms with Gasteiger partial charge in [-0.25, -0.2) is 12.8 Å². The molecule has 0 spiro atoms. The van der Waals surface area contributed by atoms with Crippen molar-refractivity contribution in [1.82, 2.24) is 9.80 Å². The molecule has 162 valence electrons. The van der Waals surface area contributed by atoms with E-state index in [2.05, 4.69) is 0 Å². The number of methoxy groups -OCH3 is 1. The van der Waals surface area contributed by atoms with Crippen LogP contribution in [-0.4, -0.2) is 86.5 Å². The summed E-state index contributed by atoms with van der Waals surface area (Å²) in [5.41, 5.74) is 0.548. The lowest BCUT2D eigenvalue weighted by molar-refractivity contribution is -0.134. The van der Waals surface area contributed by atoms with Crippen LogP contribution >= 0.6 is 0 Å². The molecule has 2 aliphatic rings. The number of rotatable bonds is 4. The molecule has 3 atom stereocenters. The molecule has 10 heteroatoms. The van der Waals surface area contributed by atoms with Gasteiger partial charge in [-0.1, -0.05) is 6.07 Å². The average Bonchev–Trinajstić information content (AvgIpc) is 3.14. The molecule has 1 aromatic rings. The second-order valence-corrected chi connectivity index (χ2v) is 9.79. The molecule has 2 heterocycles. The van der Waals surface area contributed by atoms with Crippen LogP contribution in [0.3, 0.4) is 0 Å². The molecule has 2 aliphatic heterocycles. The van der Waals surface area contributed by atoms with Crippen LogP contribution in [0.25, 0.3) is 0 Å². The highest BCUT2D eigenvalue weighted by molar-refractivity contribution is 7.92. The molecular formula is C19H27FN2O6S. The van der Waals surface area contributed by atoms with Gasteiger partial charge in [-0.2, -0.15) is 0 Å². The first-order valence-electron chi connectivity index (χ1n) is 9.14. The van der Waals surface area contributed by atoms with E-state index in [1.165, 1.54) is 19.2 Å². The molecule has 1 N–H and O–H groups in total. The number of sulfone groups is 1. The number of fused-ring (bicyclic) bond motifs is 1. The number of carbonyl (C=O) groups is 2. The molecule has 8 nitrogen and oxygen atoms in total. The fourth-order valence-electron chi connectivity index (χ4n) is 3.88. The van der Waals surface area contributed by atoms with Crippen molar-refractivity contribution in [3.8, 4) is 5.75 Å². The number of ether oxygens (including phenoxy) is 1. The molecule has 0 aliphatic carbocycles. The zero-order chi connectivity index (χ0) is 21.9. The van der Waals surface area contributed by atoms with Crippen LogP contribution < -0.4 is 4.74 Å². The Morgan fingerprint density at radius 2 is 1.93 bits per heavy atom. The van der Waals surface area contributed by atoms with E-state index in [9.17, 15) is 17.6 Å². The Labute approximate surface area is 170 Å². The molecule has 3 rings (SSSR count). The SMILES string of the molecule is CC(=O)O.COc1ccc(CC(=O)N2C[C@H]3[C@H](N(C)C)CS(=O)(=O)[C@H]3C2)cc1F. The molecule has 1 amide bonds. The van der Waals surface area contributed by atoms with Gasteiger partial charge in [-0.15, -0.1) is 0 Å². The lowest BCUT2D eigenvalue weighted by Crippen LogP contribution is -2.39. The molecular weight excluding hydrogens is 403 g/mol. The summed E-state index contributed by atoms with van der Waals surface area (Å²) >= 11 is 0. The molecule has 29 heavy (non-hydrogen) atoms. The number of hydrogen-bond acceptors (Lipinski definition) is 6. The first-order chi connectivity index (χ1) is 13.5. The van der Waals surface area contributed by atoms with Crippen molar-refractivity contribution >= 4 is 21.7 Å². The summed E-state index contributed by atoms with van der Waals surface area (Å²) in [5, 5.41) is 6.93. The maximum Gasteiger partial charge on any atom is 0.300 e. The van der Waals surface area contributed by atoms with Gasteiger partial charge in [0.05, 0.1) is 24.5 Å². The van der Waals surface area contributed by atoms with Crippen LogP contribution in [0, 0.1) is 11.7 Å². The Balaban J connectivity index is 0.000000687. The zero-order valence-corrected chi connectivity index (χ0v) is 17.8. The van der Waals surface area contributed by atoms with Gasteiger partial charge in [0.15, 0.2) is 21.4 Å². The van der Waals surface area contributed by atoms with Crippen LogP contribution in [0.4, 0.5) is 4.39 Å². The summed E-state index contributed by atoms with van der Waals surface area (Å²) in [6, 6.07) is 4.36.